The number of benzene rings is 2. The van der Waals surface area contributed by atoms with Crippen LogP contribution in [0.2, 0.25) is 0 Å². The molecule has 1 N–H and O–H groups in total. The summed E-state index contributed by atoms with van der Waals surface area (Å²) in [5, 5.41) is 3.12. The molecule has 0 bridgehead atoms. The fraction of sp³-hybridized carbons (Fsp3) is 0.304. The van der Waals surface area contributed by atoms with Crippen LogP contribution in [0.4, 0.5) is 0 Å². The number of carbonyl (C=O) groups is 2. The number of nitrogens with zero attached hydrogens (tertiary/aromatic N) is 2. The molecule has 0 radical (unpaired) electrons. The van der Waals surface area contributed by atoms with Crippen LogP contribution in [-0.4, -0.2) is 34.1 Å². The molecule has 0 aliphatic carbocycles. The van der Waals surface area contributed by atoms with E-state index in [1.807, 2.05) is 37.3 Å². The molecule has 0 saturated heterocycles. The normalized spacial score (nSPS) is 11.8. The van der Waals surface area contributed by atoms with Crippen molar-refractivity contribution in [3.8, 4) is 5.69 Å². The number of hydrogen-bond acceptors (Lipinski definition) is 5. The van der Waals surface area contributed by atoms with Gasteiger partial charge in [-0.05, 0) is 45.0 Å². The lowest BCUT2D eigenvalue weighted by molar-refractivity contribution is -0.154. The summed E-state index contributed by atoms with van der Waals surface area (Å²) >= 11 is 0. The van der Waals surface area contributed by atoms with Crippen molar-refractivity contribution in [2.45, 2.75) is 39.7 Å². The maximum absolute atomic E-state index is 13.2. The fourth-order valence-electron chi connectivity index (χ4n) is 3.15. The monoisotopic (exact) mass is 407 g/mol. The van der Waals surface area contributed by atoms with Crippen molar-refractivity contribution >= 4 is 22.8 Å². The van der Waals surface area contributed by atoms with Crippen LogP contribution < -0.4 is 10.9 Å². The van der Waals surface area contributed by atoms with E-state index in [1.54, 1.807) is 25.1 Å². The molecule has 2 aromatic carbocycles. The van der Waals surface area contributed by atoms with Crippen molar-refractivity contribution in [3.05, 3.63) is 70.3 Å². The molecule has 1 aromatic heterocycles. The first-order valence-electron chi connectivity index (χ1n) is 9.95. The first kappa shape index (κ1) is 21.2. The van der Waals surface area contributed by atoms with Crippen molar-refractivity contribution < 1.29 is 14.3 Å². The van der Waals surface area contributed by atoms with Gasteiger partial charge in [-0.25, -0.2) is 4.98 Å². The van der Waals surface area contributed by atoms with E-state index < -0.39 is 12.1 Å². The Hall–Kier alpha value is -3.48. The highest BCUT2D eigenvalue weighted by molar-refractivity contribution is 5.83. The summed E-state index contributed by atoms with van der Waals surface area (Å²) in [4.78, 5) is 41.8. The quantitative estimate of drug-likeness (QED) is 0.608. The smallest absolute Gasteiger partial charge is 0.307 e. The van der Waals surface area contributed by atoms with E-state index in [2.05, 4.69) is 10.3 Å². The minimum atomic E-state index is -0.874. The van der Waals surface area contributed by atoms with E-state index in [9.17, 15) is 14.4 Å². The molecule has 0 unspecified atom stereocenters. The van der Waals surface area contributed by atoms with E-state index in [-0.39, 0.29) is 24.3 Å². The fourth-order valence-corrected chi connectivity index (χ4v) is 3.15. The zero-order valence-corrected chi connectivity index (χ0v) is 17.3. The Morgan fingerprint density at radius 3 is 2.53 bits per heavy atom. The van der Waals surface area contributed by atoms with E-state index in [1.165, 1.54) is 11.5 Å². The van der Waals surface area contributed by atoms with E-state index in [0.29, 0.717) is 29.0 Å². The van der Waals surface area contributed by atoms with Crippen LogP contribution in [0.25, 0.3) is 16.6 Å². The molecule has 0 spiro atoms. The summed E-state index contributed by atoms with van der Waals surface area (Å²) in [7, 11) is 0. The standard InChI is InChI=1S/C23H25N3O4/c1-4-24-22(28)16(3)30-21(27)14-13-20-25-19-8-6-5-7-18(19)23(29)26(20)17-11-9-15(2)10-12-17/h5-12,16H,4,13-14H2,1-3H3,(H,24,28)/t16-/m1/s1. The minimum absolute atomic E-state index is 0.000384. The van der Waals surface area contributed by atoms with Crippen LogP contribution in [0, 0.1) is 6.92 Å². The van der Waals surface area contributed by atoms with Crippen molar-refractivity contribution in [2.24, 2.45) is 0 Å². The van der Waals surface area contributed by atoms with Crippen molar-refractivity contribution in [2.75, 3.05) is 6.54 Å². The van der Waals surface area contributed by atoms with Gasteiger partial charge in [0.15, 0.2) is 6.10 Å². The van der Waals surface area contributed by atoms with Crippen LogP contribution in [0.1, 0.15) is 31.7 Å². The topological polar surface area (TPSA) is 90.3 Å². The number of likely N-dealkylation sites (N-methyl/N-ethyl adjacent to an activating group) is 1. The minimum Gasteiger partial charge on any atom is -0.453 e. The summed E-state index contributed by atoms with van der Waals surface area (Å²) in [6.07, 6.45) is -0.670. The Morgan fingerprint density at radius 2 is 1.83 bits per heavy atom. The van der Waals surface area contributed by atoms with Crippen LogP contribution in [0.5, 0.6) is 0 Å². The van der Waals surface area contributed by atoms with Gasteiger partial charge in [0.05, 0.1) is 23.0 Å². The summed E-state index contributed by atoms with van der Waals surface area (Å²) in [5.74, 6) is -0.400. The Balaban J connectivity index is 1.90. The van der Waals surface area contributed by atoms with Gasteiger partial charge in [-0.1, -0.05) is 29.8 Å². The van der Waals surface area contributed by atoms with Crippen LogP contribution in [0.3, 0.4) is 0 Å². The Kier molecular flexibility index (Phi) is 6.61. The predicted molar refractivity (Wildman–Crippen MR) is 115 cm³/mol. The molecule has 1 amide bonds. The van der Waals surface area contributed by atoms with Gasteiger partial charge in [0.2, 0.25) is 0 Å². The molecule has 0 fully saturated rings. The number of carbonyl (C=O) groups excluding carboxylic acids is 2. The van der Waals surface area contributed by atoms with Gasteiger partial charge in [-0.3, -0.25) is 19.0 Å². The number of amides is 1. The molecular weight excluding hydrogens is 382 g/mol. The molecule has 3 rings (SSSR count). The number of esters is 1. The van der Waals surface area contributed by atoms with E-state index in [0.717, 1.165) is 5.56 Å². The number of ether oxygens (including phenoxy) is 1. The molecule has 1 heterocycles. The lowest BCUT2D eigenvalue weighted by atomic mass is 10.2. The maximum atomic E-state index is 13.2. The average Bonchev–Trinajstić information content (AvgIpc) is 2.73. The largest absolute Gasteiger partial charge is 0.453 e. The summed E-state index contributed by atoms with van der Waals surface area (Å²) in [5.41, 5.74) is 2.14. The lowest BCUT2D eigenvalue weighted by Crippen LogP contribution is -2.35. The van der Waals surface area contributed by atoms with Crippen molar-refractivity contribution in [1.82, 2.24) is 14.9 Å². The first-order valence-corrected chi connectivity index (χ1v) is 9.95. The highest BCUT2D eigenvalue weighted by Gasteiger charge is 2.19. The SMILES string of the molecule is CCNC(=O)[C@@H](C)OC(=O)CCc1nc2ccccc2c(=O)n1-c1ccc(C)cc1. The molecule has 30 heavy (non-hydrogen) atoms. The third kappa shape index (κ3) is 4.74. The van der Waals surface area contributed by atoms with Gasteiger partial charge in [0, 0.05) is 13.0 Å². The summed E-state index contributed by atoms with van der Waals surface area (Å²) in [6.45, 7) is 5.75. The molecular formula is C23H25N3O4. The number of fused-ring (bicyclic) bond motifs is 1. The lowest BCUT2D eigenvalue weighted by Gasteiger charge is -2.15. The van der Waals surface area contributed by atoms with Gasteiger partial charge in [0.25, 0.3) is 11.5 Å². The Morgan fingerprint density at radius 1 is 1.13 bits per heavy atom. The number of nitrogens with one attached hydrogen (secondary N) is 1. The summed E-state index contributed by atoms with van der Waals surface area (Å²) in [6, 6.07) is 14.7. The molecule has 1 atom stereocenters. The third-order valence-corrected chi connectivity index (χ3v) is 4.72. The second kappa shape index (κ2) is 9.35. The molecule has 156 valence electrons. The highest BCUT2D eigenvalue weighted by Crippen LogP contribution is 2.15. The molecule has 3 aromatic rings. The van der Waals surface area contributed by atoms with Crippen molar-refractivity contribution in [3.63, 3.8) is 0 Å². The van der Waals surface area contributed by atoms with E-state index >= 15 is 0 Å². The Bertz CT molecular complexity index is 1120. The van der Waals surface area contributed by atoms with Gasteiger partial charge in [-0.2, -0.15) is 0 Å². The zero-order chi connectivity index (χ0) is 21.7. The second-order valence-electron chi connectivity index (χ2n) is 7.05. The highest BCUT2D eigenvalue weighted by atomic mass is 16.5. The van der Waals surface area contributed by atoms with Gasteiger partial charge in [-0.15, -0.1) is 0 Å². The second-order valence-corrected chi connectivity index (χ2v) is 7.05. The third-order valence-electron chi connectivity index (χ3n) is 4.72. The molecule has 0 aliphatic rings. The van der Waals surface area contributed by atoms with Crippen LogP contribution in [0.15, 0.2) is 53.3 Å². The number of rotatable bonds is 7. The average molecular weight is 407 g/mol. The number of aromatic nitrogens is 2. The Labute approximate surface area is 174 Å². The van der Waals surface area contributed by atoms with Crippen LogP contribution >= 0.6 is 0 Å². The molecule has 7 heteroatoms. The maximum Gasteiger partial charge on any atom is 0.307 e. The number of para-hydroxylation sites is 1. The van der Waals surface area contributed by atoms with Gasteiger partial charge < -0.3 is 10.1 Å². The molecule has 0 saturated carbocycles. The van der Waals surface area contributed by atoms with Crippen LogP contribution in [-0.2, 0) is 20.7 Å². The van der Waals surface area contributed by atoms with Crippen molar-refractivity contribution in [1.29, 1.82) is 0 Å². The first-order chi connectivity index (χ1) is 14.4. The molecule has 7 nitrogen and oxygen atoms in total. The molecule has 0 aliphatic heterocycles. The summed E-state index contributed by atoms with van der Waals surface area (Å²) < 4.78 is 6.73. The predicted octanol–water partition coefficient (Wildman–Crippen LogP) is 2.69. The van der Waals surface area contributed by atoms with E-state index in [4.69, 9.17) is 4.74 Å². The van der Waals surface area contributed by atoms with Gasteiger partial charge >= 0.3 is 5.97 Å². The number of aryl methyl sites for hydroxylation is 2. The number of hydrogen-bond donors (Lipinski definition) is 1. The van der Waals surface area contributed by atoms with Gasteiger partial charge in [0.1, 0.15) is 5.82 Å². The zero-order valence-electron chi connectivity index (χ0n) is 17.3.